The maximum Gasteiger partial charge on any atom is 0.228 e. The molecule has 6 heteroatoms. The topological polar surface area (TPSA) is 50.7 Å². The SMILES string of the molecule is COc1ccnc(N2CCN(CC3CCOC3)CC2)n1. The number of piperazine rings is 1. The molecule has 1 aromatic rings. The summed E-state index contributed by atoms with van der Waals surface area (Å²) in [5.41, 5.74) is 0. The lowest BCUT2D eigenvalue weighted by Gasteiger charge is -2.35. The molecular formula is C14H22N4O2. The number of hydrogen-bond acceptors (Lipinski definition) is 6. The van der Waals surface area contributed by atoms with Gasteiger partial charge in [0.15, 0.2) is 0 Å². The van der Waals surface area contributed by atoms with E-state index in [0.29, 0.717) is 5.88 Å². The lowest BCUT2D eigenvalue weighted by molar-refractivity contribution is 0.164. The molecule has 2 aliphatic rings. The van der Waals surface area contributed by atoms with E-state index >= 15 is 0 Å². The average Bonchev–Trinajstić information content (AvgIpc) is 3.01. The number of ether oxygens (including phenoxy) is 2. The molecule has 20 heavy (non-hydrogen) atoms. The quantitative estimate of drug-likeness (QED) is 0.806. The fourth-order valence-corrected chi connectivity index (χ4v) is 2.82. The third-order valence-electron chi connectivity index (χ3n) is 4.02. The number of hydrogen-bond donors (Lipinski definition) is 0. The Morgan fingerprint density at radius 1 is 1.35 bits per heavy atom. The summed E-state index contributed by atoms with van der Waals surface area (Å²) in [7, 11) is 1.63. The van der Waals surface area contributed by atoms with Crippen molar-refractivity contribution in [3.05, 3.63) is 12.3 Å². The second kappa shape index (κ2) is 6.37. The van der Waals surface area contributed by atoms with Gasteiger partial charge in [0.25, 0.3) is 0 Å². The second-order valence-corrected chi connectivity index (χ2v) is 5.42. The number of nitrogens with zero attached hydrogens (tertiary/aromatic N) is 4. The van der Waals surface area contributed by atoms with Crippen LogP contribution in [-0.2, 0) is 4.74 Å². The summed E-state index contributed by atoms with van der Waals surface area (Å²) < 4.78 is 10.6. The van der Waals surface area contributed by atoms with Gasteiger partial charge in [-0.25, -0.2) is 4.98 Å². The van der Waals surface area contributed by atoms with Crippen molar-refractivity contribution in [2.75, 3.05) is 57.9 Å². The van der Waals surface area contributed by atoms with Crippen LogP contribution in [0.15, 0.2) is 12.3 Å². The van der Waals surface area contributed by atoms with Gasteiger partial charge < -0.3 is 14.4 Å². The van der Waals surface area contributed by atoms with Crippen LogP contribution in [0.5, 0.6) is 5.88 Å². The molecule has 3 heterocycles. The molecule has 110 valence electrons. The number of rotatable bonds is 4. The lowest BCUT2D eigenvalue weighted by atomic mass is 10.1. The molecule has 6 nitrogen and oxygen atoms in total. The van der Waals surface area contributed by atoms with E-state index in [0.717, 1.165) is 57.8 Å². The van der Waals surface area contributed by atoms with E-state index in [1.807, 2.05) is 0 Å². The predicted octanol–water partition coefficient (Wildman–Crippen LogP) is 0.644. The molecule has 1 aromatic heterocycles. The average molecular weight is 278 g/mol. The van der Waals surface area contributed by atoms with Gasteiger partial charge in [-0.2, -0.15) is 4.98 Å². The van der Waals surface area contributed by atoms with Crippen LogP contribution in [0.25, 0.3) is 0 Å². The van der Waals surface area contributed by atoms with E-state index in [4.69, 9.17) is 9.47 Å². The van der Waals surface area contributed by atoms with Crippen molar-refractivity contribution in [1.29, 1.82) is 0 Å². The van der Waals surface area contributed by atoms with Gasteiger partial charge in [-0.05, 0) is 12.3 Å². The van der Waals surface area contributed by atoms with E-state index in [1.165, 1.54) is 6.42 Å². The van der Waals surface area contributed by atoms with E-state index in [1.54, 1.807) is 19.4 Å². The Bertz CT molecular complexity index is 429. The van der Waals surface area contributed by atoms with Gasteiger partial charge in [0, 0.05) is 51.6 Å². The van der Waals surface area contributed by atoms with Crippen molar-refractivity contribution in [3.8, 4) is 5.88 Å². The van der Waals surface area contributed by atoms with Crippen LogP contribution >= 0.6 is 0 Å². The van der Waals surface area contributed by atoms with Gasteiger partial charge in [0.2, 0.25) is 11.8 Å². The van der Waals surface area contributed by atoms with Crippen molar-refractivity contribution in [1.82, 2.24) is 14.9 Å². The highest BCUT2D eigenvalue weighted by Gasteiger charge is 2.23. The van der Waals surface area contributed by atoms with Crippen LogP contribution < -0.4 is 9.64 Å². The molecule has 1 unspecified atom stereocenters. The molecule has 0 saturated carbocycles. The molecule has 2 aliphatic heterocycles. The summed E-state index contributed by atoms with van der Waals surface area (Å²) in [6, 6.07) is 1.78. The molecule has 2 saturated heterocycles. The largest absolute Gasteiger partial charge is 0.481 e. The van der Waals surface area contributed by atoms with Crippen LogP contribution in [0.3, 0.4) is 0 Å². The molecule has 0 aromatic carbocycles. The number of methoxy groups -OCH3 is 1. The first kappa shape index (κ1) is 13.6. The highest BCUT2D eigenvalue weighted by Crippen LogP contribution is 2.17. The molecule has 1 atom stereocenters. The van der Waals surface area contributed by atoms with Crippen LogP contribution in [0.4, 0.5) is 5.95 Å². The Morgan fingerprint density at radius 3 is 2.90 bits per heavy atom. The minimum Gasteiger partial charge on any atom is -0.481 e. The minimum atomic E-state index is 0.625. The summed E-state index contributed by atoms with van der Waals surface area (Å²) in [6.07, 6.45) is 2.96. The molecule has 0 aliphatic carbocycles. The Hall–Kier alpha value is -1.40. The predicted molar refractivity (Wildman–Crippen MR) is 76.2 cm³/mol. The molecule has 0 bridgehead atoms. The van der Waals surface area contributed by atoms with Gasteiger partial charge >= 0.3 is 0 Å². The van der Waals surface area contributed by atoms with Crippen LogP contribution in [-0.4, -0.2) is 67.9 Å². The molecule has 0 radical (unpaired) electrons. The Morgan fingerprint density at radius 2 is 2.20 bits per heavy atom. The highest BCUT2D eigenvalue weighted by atomic mass is 16.5. The molecule has 2 fully saturated rings. The minimum absolute atomic E-state index is 0.625. The third kappa shape index (κ3) is 3.19. The first-order chi connectivity index (χ1) is 9.85. The van der Waals surface area contributed by atoms with Crippen molar-refractivity contribution in [2.24, 2.45) is 5.92 Å². The molecule has 3 rings (SSSR count). The highest BCUT2D eigenvalue weighted by molar-refractivity contribution is 5.32. The van der Waals surface area contributed by atoms with E-state index in [-0.39, 0.29) is 0 Å². The molecule has 0 N–H and O–H groups in total. The van der Waals surface area contributed by atoms with Gasteiger partial charge in [-0.3, -0.25) is 4.90 Å². The third-order valence-corrected chi connectivity index (χ3v) is 4.02. The van der Waals surface area contributed by atoms with Gasteiger partial charge in [-0.15, -0.1) is 0 Å². The normalized spacial score (nSPS) is 24.1. The number of aromatic nitrogens is 2. The zero-order valence-electron chi connectivity index (χ0n) is 12.0. The first-order valence-electron chi connectivity index (χ1n) is 7.27. The van der Waals surface area contributed by atoms with E-state index < -0.39 is 0 Å². The van der Waals surface area contributed by atoms with Crippen molar-refractivity contribution < 1.29 is 9.47 Å². The smallest absolute Gasteiger partial charge is 0.228 e. The zero-order chi connectivity index (χ0) is 13.8. The summed E-state index contributed by atoms with van der Waals surface area (Å²) in [6.45, 7) is 7.10. The Balaban J connectivity index is 1.52. The van der Waals surface area contributed by atoms with Crippen LogP contribution in [0.2, 0.25) is 0 Å². The van der Waals surface area contributed by atoms with Crippen molar-refractivity contribution >= 4 is 5.95 Å². The molecule has 0 amide bonds. The maximum absolute atomic E-state index is 5.44. The summed E-state index contributed by atoms with van der Waals surface area (Å²) >= 11 is 0. The van der Waals surface area contributed by atoms with E-state index in [2.05, 4.69) is 19.8 Å². The van der Waals surface area contributed by atoms with Crippen LogP contribution in [0.1, 0.15) is 6.42 Å². The molecule has 0 spiro atoms. The fourth-order valence-electron chi connectivity index (χ4n) is 2.82. The van der Waals surface area contributed by atoms with E-state index in [9.17, 15) is 0 Å². The van der Waals surface area contributed by atoms with Crippen molar-refractivity contribution in [3.63, 3.8) is 0 Å². The van der Waals surface area contributed by atoms with Crippen LogP contribution in [0, 0.1) is 5.92 Å². The molecular weight excluding hydrogens is 256 g/mol. The lowest BCUT2D eigenvalue weighted by Crippen LogP contribution is -2.48. The maximum atomic E-state index is 5.44. The Labute approximate surface area is 119 Å². The van der Waals surface area contributed by atoms with Crippen molar-refractivity contribution in [2.45, 2.75) is 6.42 Å². The second-order valence-electron chi connectivity index (χ2n) is 5.42. The summed E-state index contributed by atoms with van der Waals surface area (Å²) in [4.78, 5) is 13.5. The van der Waals surface area contributed by atoms with Gasteiger partial charge in [-0.1, -0.05) is 0 Å². The van der Waals surface area contributed by atoms with Gasteiger partial charge in [0.1, 0.15) is 0 Å². The first-order valence-corrected chi connectivity index (χ1v) is 7.27. The monoisotopic (exact) mass is 278 g/mol. The van der Waals surface area contributed by atoms with Gasteiger partial charge in [0.05, 0.1) is 13.7 Å². The zero-order valence-corrected chi connectivity index (χ0v) is 12.0. The fraction of sp³-hybridized carbons (Fsp3) is 0.714. The number of anilines is 1. The summed E-state index contributed by atoms with van der Waals surface area (Å²) in [5, 5.41) is 0. The summed E-state index contributed by atoms with van der Waals surface area (Å²) in [5.74, 6) is 2.11. The standard InChI is InChI=1S/C14H22N4O2/c1-19-13-2-4-15-14(16-13)18-7-5-17(6-8-18)10-12-3-9-20-11-12/h2,4,12H,3,5-11H2,1H3. The Kier molecular flexibility index (Phi) is 4.32.